The van der Waals surface area contributed by atoms with Crippen molar-refractivity contribution >= 4 is 0 Å². The Balaban J connectivity index is 2.01. The molecule has 18 heavy (non-hydrogen) atoms. The number of terminal acetylenes is 1. The van der Waals surface area contributed by atoms with Crippen molar-refractivity contribution in [2.75, 3.05) is 13.7 Å². The molecule has 0 spiro atoms. The lowest BCUT2D eigenvalue weighted by Crippen LogP contribution is -2.21. The number of benzene rings is 1. The van der Waals surface area contributed by atoms with Gasteiger partial charge in [0.1, 0.15) is 5.75 Å². The summed E-state index contributed by atoms with van der Waals surface area (Å²) in [5.41, 5.74) is 2.86. The first-order valence-electron chi connectivity index (χ1n) is 6.71. The number of ether oxygens (including phenoxy) is 1. The zero-order valence-electron chi connectivity index (χ0n) is 11.0. The molecule has 2 nitrogen and oxygen atoms in total. The van der Waals surface area contributed by atoms with Crippen LogP contribution in [0.3, 0.4) is 0 Å². The van der Waals surface area contributed by atoms with Gasteiger partial charge in [0, 0.05) is 12.5 Å². The van der Waals surface area contributed by atoms with Crippen molar-refractivity contribution in [3.8, 4) is 18.1 Å². The second-order valence-electron chi connectivity index (χ2n) is 4.75. The van der Waals surface area contributed by atoms with Gasteiger partial charge >= 0.3 is 0 Å². The molecule has 0 heterocycles. The second kappa shape index (κ2) is 6.47. The zero-order chi connectivity index (χ0) is 12.8. The van der Waals surface area contributed by atoms with Gasteiger partial charge in [-0.2, -0.15) is 0 Å². The maximum atomic E-state index is 5.73. The van der Waals surface area contributed by atoms with Crippen LogP contribution < -0.4 is 10.1 Å². The van der Waals surface area contributed by atoms with E-state index in [1.807, 2.05) is 7.05 Å². The first-order valence-corrected chi connectivity index (χ1v) is 6.71. The number of hydrogen-bond acceptors (Lipinski definition) is 2. The molecule has 0 aliphatic heterocycles. The van der Waals surface area contributed by atoms with Crippen molar-refractivity contribution in [2.24, 2.45) is 0 Å². The number of aryl methyl sites for hydroxylation is 1. The maximum absolute atomic E-state index is 5.73. The molecule has 1 atom stereocenters. The number of fused-ring (bicyclic) bond motifs is 1. The van der Waals surface area contributed by atoms with Gasteiger partial charge in [-0.05, 0) is 56.0 Å². The fourth-order valence-electron chi connectivity index (χ4n) is 2.54. The van der Waals surface area contributed by atoms with Crippen LogP contribution >= 0.6 is 0 Å². The topological polar surface area (TPSA) is 21.3 Å². The summed E-state index contributed by atoms with van der Waals surface area (Å²) in [6.07, 6.45) is 10.6. The van der Waals surface area contributed by atoms with E-state index >= 15 is 0 Å². The predicted octanol–water partition coefficient (Wildman–Crippen LogP) is 3.08. The standard InChI is InChI=1S/C16H21NO/c1-3-4-5-11-18-14-9-10-15-13(12-14)7-6-8-16(15)17-2/h1,9-10,12,16-17H,4-8,11H2,2H3. The van der Waals surface area contributed by atoms with Crippen molar-refractivity contribution in [1.82, 2.24) is 5.32 Å². The Morgan fingerprint density at radius 3 is 3.17 bits per heavy atom. The van der Waals surface area contributed by atoms with Crippen molar-refractivity contribution in [1.29, 1.82) is 0 Å². The second-order valence-corrected chi connectivity index (χ2v) is 4.75. The smallest absolute Gasteiger partial charge is 0.119 e. The Morgan fingerprint density at radius 2 is 2.39 bits per heavy atom. The predicted molar refractivity (Wildman–Crippen MR) is 74.7 cm³/mol. The summed E-state index contributed by atoms with van der Waals surface area (Å²) >= 11 is 0. The normalized spacial score (nSPS) is 17.9. The van der Waals surface area contributed by atoms with Crippen molar-refractivity contribution in [3.05, 3.63) is 29.3 Å². The molecule has 1 aromatic carbocycles. The maximum Gasteiger partial charge on any atom is 0.119 e. The molecule has 0 saturated carbocycles. The first-order chi connectivity index (χ1) is 8.85. The molecule has 96 valence electrons. The largest absolute Gasteiger partial charge is 0.494 e. The number of hydrogen-bond donors (Lipinski definition) is 1. The van der Waals surface area contributed by atoms with Crippen LogP contribution in [-0.4, -0.2) is 13.7 Å². The molecular formula is C16H21NO. The van der Waals surface area contributed by atoms with Gasteiger partial charge in [0.05, 0.1) is 6.61 Å². The number of unbranched alkanes of at least 4 members (excludes halogenated alkanes) is 1. The summed E-state index contributed by atoms with van der Waals surface area (Å²) in [4.78, 5) is 0. The Bertz CT molecular complexity index is 433. The number of rotatable bonds is 5. The Kier molecular flexibility index (Phi) is 4.66. The van der Waals surface area contributed by atoms with Crippen LogP contribution in [0.15, 0.2) is 18.2 Å². The highest BCUT2D eigenvalue weighted by Gasteiger charge is 2.18. The summed E-state index contributed by atoms with van der Waals surface area (Å²) in [5, 5.41) is 3.38. The van der Waals surface area contributed by atoms with Crippen LogP contribution in [0.25, 0.3) is 0 Å². The molecule has 0 amide bonds. The fourth-order valence-corrected chi connectivity index (χ4v) is 2.54. The summed E-state index contributed by atoms with van der Waals surface area (Å²) < 4.78 is 5.73. The van der Waals surface area contributed by atoms with Gasteiger partial charge in [0.2, 0.25) is 0 Å². The minimum Gasteiger partial charge on any atom is -0.494 e. The molecule has 1 N–H and O–H groups in total. The monoisotopic (exact) mass is 243 g/mol. The third-order valence-corrected chi connectivity index (χ3v) is 3.51. The molecule has 0 aromatic heterocycles. The molecular weight excluding hydrogens is 222 g/mol. The van der Waals surface area contributed by atoms with E-state index in [2.05, 4.69) is 29.4 Å². The Morgan fingerprint density at radius 1 is 1.50 bits per heavy atom. The van der Waals surface area contributed by atoms with Crippen LogP contribution in [0.4, 0.5) is 0 Å². The van der Waals surface area contributed by atoms with Crippen LogP contribution in [-0.2, 0) is 6.42 Å². The first kappa shape index (κ1) is 13.0. The Labute approximate surface area is 110 Å². The lowest BCUT2D eigenvalue weighted by atomic mass is 9.87. The molecule has 1 aliphatic rings. The molecule has 2 rings (SSSR count). The minimum absolute atomic E-state index is 0.504. The lowest BCUT2D eigenvalue weighted by Gasteiger charge is -2.25. The van der Waals surface area contributed by atoms with Gasteiger partial charge in [0.15, 0.2) is 0 Å². The molecule has 1 aliphatic carbocycles. The van der Waals surface area contributed by atoms with Gasteiger partial charge < -0.3 is 10.1 Å². The third kappa shape index (κ3) is 3.05. The molecule has 2 heteroatoms. The van der Waals surface area contributed by atoms with E-state index in [1.165, 1.54) is 24.0 Å². The SMILES string of the molecule is C#CCCCOc1ccc2c(c1)CCCC2NC. The van der Waals surface area contributed by atoms with Crippen molar-refractivity contribution in [3.63, 3.8) is 0 Å². The lowest BCUT2D eigenvalue weighted by molar-refractivity contribution is 0.312. The van der Waals surface area contributed by atoms with Gasteiger partial charge in [-0.15, -0.1) is 12.3 Å². The summed E-state index contributed by atoms with van der Waals surface area (Å²) in [7, 11) is 2.03. The molecule has 0 bridgehead atoms. The van der Waals surface area contributed by atoms with E-state index in [4.69, 9.17) is 11.2 Å². The van der Waals surface area contributed by atoms with Gasteiger partial charge in [-0.1, -0.05) is 6.07 Å². The summed E-state index contributed by atoms with van der Waals surface area (Å²) in [6.45, 7) is 0.707. The van der Waals surface area contributed by atoms with Gasteiger partial charge in [-0.25, -0.2) is 0 Å². The van der Waals surface area contributed by atoms with Crippen molar-refractivity contribution in [2.45, 2.75) is 38.1 Å². The van der Waals surface area contributed by atoms with Crippen LogP contribution in [0, 0.1) is 12.3 Å². The fraction of sp³-hybridized carbons (Fsp3) is 0.500. The minimum atomic E-state index is 0.504. The van der Waals surface area contributed by atoms with E-state index < -0.39 is 0 Å². The Hall–Kier alpha value is -1.46. The number of nitrogens with one attached hydrogen (secondary N) is 1. The van der Waals surface area contributed by atoms with Crippen molar-refractivity contribution < 1.29 is 4.74 Å². The summed E-state index contributed by atoms with van der Waals surface area (Å²) in [5.74, 6) is 3.60. The van der Waals surface area contributed by atoms with E-state index in [0.717, 1.165) is 25.0 Å². The van der Waals surface area contributed by atoms with Gasteiger partial charge in [0.25, 0.3) is 0 Å². The molecule has 1 unspecified atom stereocenters. The molecule has 0 radical (unpaired) electrons. The average Bonchev–Trinajstić information content (AvgIpc) is 2.42. The van der Waals surface area contributed by atoms with E-state index in [1.54, 1.807) is 0 Å². The summed E-state index contributed by atoms with van der Waals surface area (Å²) in [6, 6.07) is 6.97. The highest BCUT2D eigenvalue weighted by Crippen LogP contribution is 2.31. The van der Waals surface area contributed by atoms with Crippen LogP contribution in [0.2, 0.25) is 0 Å². The highest BCUT2D eigenvalue weighted by atomic mass is 16.5. The van der Waals surface area contributed by atoms with E-state index in [-0.39, 0.29) is 0 Å². The van der Waals surface area contributed by atoms with Crippen LogP contribution in [0.5, 0.6) is 5.75 Å². The quantitative estimate of drug-likeness (QED) is 0.634. The van der Waals surface area contributed by atoms with Crippen LogP contribution in [0.1, 0.15) is 42.9 Å². The van der Waals surface area contributed by atoms with Gasteiger partial charge in [-0.3, -0.25) is 0 Å². The highest BCUT2D eigenvalue weighted by molar-refractivity contribution is 5.39. The molecule has 1 aromatic rings. The molecule has 0 saturated heterocycles. The average molecular weight is 243 g/mol. The molecule has 0 fully saturated rings. The zero-order valence-corrected chi connectivity index (χ0v) is 11.0. The van der Waals surface area contributed by atoms with E-state index in [0.29, 0.717) is 12.6 Å². The third-order valence-electron chi connectivity index (χ3n) is 3.51. The van der Waals surface area contributed by atoms with E-state index in [9.17, 15) is 0 Å².